The SMILES string of the molecule is CC.CC(C)CC1=CC=C=CO1. The van der Waals surface area contributed by atoms with E-state index < -0.39 is 0 Å². The predicted molar refractivity (Wildman–Crippen MR) is 52.6 cm³/mol. The molecule has 1 rings (SSSR count). The van der Waals surface area contributed by atoms with Crippen LogP contribution in [0.4, 0.5) is 0 Å². The summed E-state index contributed by atoms with van der Waals surface area (Å²) in [6.07, 6.45) is 6.44. The van der Waals surface area contributed by atoms with E-state index in [2.05, 4.69) is 19.6 Å². The lowest BCUT2D eigenvalue weighted by atomic mass is 10.1. The van der Waals surface area contributed by atoms with Gasteiger partial charge in [-0.2, -0.15) is 0 Å². The van der Waals surface area contributed by atoms with Crippen LogP contribution in [-0.2, 0) is 4.74 Å². The Balaban J connectivity index is 0.000000561. The summed E-state index contributed by atoms with van der Waals surface area (Å²) in [4.78, 5) is 0. The van der Waals surface area contributed by atoms with Gasteiger partial charge in [-0.3, -0.25) is 0 Å². The molecule has 0 aromatic heterocycles. The second-order valence-corrected chi connectivity index (χ2v) is 2.80. The van der Waals surface area contributed by atoms with E-state index in [1.54, 1.807) is 6.26 Å². The minimum Gasteiger partial charge on any atom is -0.461 e. The molecule has 0 aliphatic carbocycles. The van der Waals surface area contributed by atoms with Crippen molar-refractivity contribution in [1.29, 1.82) is 0 Å². The Morgan fingerprint density at radius 3 is 2.50 bits per heavy atom. The Bertz CT molecular complexity index is 193. The van der Waals surface area contributed by atoms with Gasteiger partial charge in [0.25, 0.3) is 0 Å². The van der Waals surface area contributed by atoms with Gasteiger partial charge in [0.05, 0.1) is 0 Å². The van der Waals surface area contributed by atoms with Gasteiger partial charge in [-0.25, -0.2) is 0 Å². The van der Waals surface area contributed by atoms with Crippen LogP contribution < -0.4 is 0 Å². The summed E-state index contributed by atoms with van der Waals surface area (Å²) in [7, 11) is 0. The Kier molecular flexibility index (Phi) is 6.22. The van der Waals surface area contributed by atoms with Gasteiger partial charge in [0.15, 0.2) is 0 Å². The van der Waals surface area contributed by atoms with E-state index >= 15 is 0 Å². The second kappa shape index (κ2) is 6.75. The van der Waals surface area contributed by atoms with E-state index in [1.165, 1.54) is 0 Å². The highest BCUT2D eigenvalue weighted by molar-refractivity contribution is 5.11. The number of rotatable bonds is 2. The zero-order valence-electron chi connectivity index (χ0n) is 8.42. The van der Waals surface area contributed by atoms with E-state index in [0.29, 0.717) is 5.92 Å². The maximum Gasteiger partial charge on any atom is 0.133 e. The molecule has 12 heavy (non-hydrogen) atoms. The average molecular weight is 166 g/mol. The lowest BCUT2D eigenvalue weighted by Gasteiger charge is -2.08. The fraction of sp³-hybridized carbons (Fsp3) is 0.545. The summed E-state index contributed by atoms with van der Waals surface area (Å²) < 4.78 is 5.18. The smallest absolute Gasteiger partial charge is 0.133 e. The molecule has 0 saturated heterocycles. The molecule has 0 atom stereocenters. The quantitative estimate of drug-likeness (QED) is 0.569. The van der Waals surface area contributed by atoms with E-state index in [4.69, 9.17) is 4.74 Å². The second-order valence-electron chi connectivity index (χ2n) is 2.80. The predicted octanol–water partition coefficient (Wildman–Crippen LogP) is 3.64. The van der Waals surface area contributed by atoms with Gasteiger partial charge in [0.1, 0.15) is 12.0 Å². The minimum atomic E-state index is 0.658. The van der Waals surface area contributed by atoms with Crippen molar-refractivity contribution in [1.82, 2.24) is 0 Å². The molecule has 0 aromatic rings. The Hall–Kier alpha value is -0.940. The first kappa shape index (κ1) is 11.1. The molecule has 1 aliphatic heterocycles. The Morgan fingerprint density at radius 1 is 1.42 bits per heavy atom. The van der Waals surface area contributed by atoms with E-state index in [0.717, 1.165) is 12.2 Å². The summed E-state index contributed by atoms with van der Waals surface area (Å²) >= 11 is 0. The lowest BCUT2D eigenvalue weighted by Crippen LogP contribution is -1.93. The third kappa shape index (κ3) is 4.81. The largest absolute Gasteiger partial charge is 0.461 e. The lowest BCUT2D eigenvalue weighted by molar-refractivity contribution is 0.315. The molecule has 0 fully saturated rings. The molecule has 0 radical (unpaired) electrons. The van der Waals surface area contributed by atoms with Crippen LogP contribution in [-0.4, -0.2) is 0 Å². The Morgan fingerprint density at radius 2 is 2.08 bits per heavy atom. The monoisotopic (exact) mass is 166 g/mol. The molecule has 1 heteroatoms. The van der Waals surface area contributed by atoms with Crippen molar-refractivity contribution >= 4 is 0 Å². The van der Waals surface area contributed by atoms with Crippen LogP contribution in [0.1, 0.15) is 34.1 Å². The van der Waals surface area contributed by atoms with E-state index in [9.17, 15) is 0 Å². The zero-order chi connectivity index (χ0) is 9.40. The van der Waals surface area contributed by atoms with Crippen LogP contribution in [0.15, 0.2) is 29.9 Å². The number of hydrogen-bond acceptors (Lipinski definition) is 1. The normalized spacial score (nSPS) is 13.2. The molecule has 0 aromatic carbocycles. The standard InChI is InChI=1S/C9H12O.C2H6/c1-8(2)7-9-5-3-4-6-10-9;1-2/h3,5-6,8H,7H2,1-2H3;1-2H3. The first-order chi connectivity index (χ1) is 5.79. The third-order valence-corrected chi connectivity index (χ3v) is 1.25. The number of allylic oxidation sites excluding steroid dienone is 3. The van der Waals surface area contributed by atoms with Crippen molar-refractivity contribution in [2.75, 3.05) is 0 Å². The van der Waals surface area contributed by atoms with Gasteiger partial charge in [-0.1, -0.05) is 33.4 Å². The van der Waals surface area contributed by atoms with Crippen LogP contribution in [0.5, 0.6) is 0 Å². The number of hydrogen-bond donors (Lipinski definition) is 0. The molecule has 68 valence electrons. The van der Waals surface area contributed by atoms with Gasteiger partial charge in [0.2, 0.25) is 0 Å². The molecule has 0 N–H and O–H groups in total. The van der Waals surface area contributed by atoms with Gasteiger partial charge in [0, 0.05) is 6.42 Å². The fourth-order valence-electron chi connectivity index (χ4n) is 0.848. The maximum atomic E-state index is 5.18. The van der Waals surface area contributed by atoms with Gasteiger partial charge < -0.3 is 4.74 Å². The minimum absolute atomic E-state index is 0.658. The van der Waals surface area contributed by atoms with Crippen molar-refractivity contribution in [3.05, 3.63) is 29.9 Å². The molecule has 0 bridgehead atoms. The maximum absolute atomic E-state index is 5.18. The van der Waals surface area contributed by atoms with Crippen LogP contribution in [0, 0.1) is 5.92 Å². The molecule has 0 saturated carbocycles. The number of ether oxygens (including phenoxy) is 1. The van der Waals surface area contributed by atoms with Crippen LogP contribution in [0.2, 0.25) is 0 Å². The summed E-state index contributed by atoms with van der Waals surface area (Å²) in [6.45, 7) is 8.35. The van der Waals surface area contributed by atoms with Crippen molar-refractivity contribution < 1.29 is 4.74 Å². The van der Waals surface area contributed by atoms with Crippen molar-refractivity contribution in [2.24, 2.45) is 5.92 Å². The van der Waals surface area contributed by atoms with Gasteiger partial charge >= 0.3 is 0 Å². The zero-order valence-corrected chi connectivity index (χ0v) is 8.42. The molecular weight excluding hydrogens is 148 g/mol. The fourth-order valence-corrected chi connectivity index (χ4v) is 0.848. The summed E-state index contributed by atoms with van der Waals surface area (Å²) in [5, 5.41) is 0. The summed E-state index contributed by atoms with van der Waals surface area (Å²) in [5.74, 6) is 1.69. The molecule has 0 unspecified atom stereocenters. The molecule has 0 amide bonds. The Labute approximate surface area is 75.4 Å². The first-order valence-electron chi connectivity index (χ1n) is 4.56. The van der Waals surface area contributed by atoms with Gasteiger partial charge in [-0.15, -0.1) is 0 Å². The van der Waals surface area contributed by atoms with Crippen molar-refractivity contribution in [2.45, 2.75) is 34.1 Å². The molecular formula is C11H18O. The van der Waals surface area contributed by atoms with Crippen LogP contribution >= 0.6 is 0 Å². The van der Waals surface area contributed by atoms with Crippen LogP contribution in [0.3, 0.4) is 0 Å². The third-order valence-electron chi connectivity index (χ3n) is 1.25. The highest BCUT2D eigenvalue weighted by Gasteiger charge is 2.00. The molecule has 0 spiro atoms. The van der Waals surface area contributed by atoms with E-state index in [1.807, 2.05) is 26.0 Å². The van der Waals surface area contributed by atoms with E-state index in [-0.39, 0.29) is 0 Å². The first-order valence-corrected chi connectivity index (χ1v) is 4.56. The topological polar surface area (TPSA) is 9.23 Å². The van der Waals surface area contributed by atoms with Crippen molar-refractivity contribution in [3.8, 4) is 0 Å². The highest BCUT2D eigenvalue weighted by Crippen LogP contribution is 2.13. The van der Waals surface area contributed by atoms with Crippen LogP contribution in [0.25, 0.3) is 0 Å². The average Bonchev–Trinajstić information content (AvgIpc) is 2.08. The van der Waals surface area contributed by atoms with Crippen molar-refractivity contribution in [3.63, 3.8) is 0 Å². The summed E-state index contributed by atoms with van der Waals surface area (Å²) in [5.41, 5.74) is 2.84. The molecule has 1 nitrogen and oxygen atoms in total. The molecule has 1 heterocycles. The van der Waals surface area contributed by atoms with Gasteiger partial charge in [-0.05, 0) is 18.1 Å². The molecule has 1 aliphatic rings. The summed E-state index contributed by atoms with van der Waals surface area (Å²) in [6, 6.07) is 0. The highest BCUT2D eigenvalue weighted by atomic mass is 16.5.